The third-order valence-electron chi connectivity index (χ3n) is 5.48. The Morgan fingerprint density at radius 1 is 1.15 bits per heavy atom. The molecule has 1 fully saturated rings. The number of benzene rings is 1. The number of hydrogen-bond acceptors (Lipinski definition) is 2. The average molecular weight is 272 g/mol. The Morgan fingerprint density at radius 2 is 1.90 bits per heavy atom. The lowest BCUT2D eigenvalue weighted by Crippen LogP contribution is -2.52. The van der Waals surface area contributed by atoms with Gasteiger partial charge >= 0.3 is 0 Å². The second-order valence-electron chi connectivity index (χ2n) is 7.56. The molecule has 1 unspecified atom stereocenters. The summed E-state index contributed by atoms with van der Waals surface area (Å²) in [6, 6.07) is 8.95. The van der Waals surface area contributed by atoms with Crippen LogP contribution in [0.25, 0.3) is 0 Å². The lowest BCUT2D eigenvalue weighted by atomic mass is 9.86. The predicted molar refractivity (Wildman–Crippen MR) is 84.6 cm³/mol. The molecule has 2 N–H and O–H groups in total. The summed E-state index contributed by atoms with van der Waals surface area (Å²) in [6.45, 7) is 7.89. The normalized spacial score (nSPS) is 29.9. The van der Waals surface area contributed by atoms with Crippen LogP contribution in [0.2, 0.25) is 0 Å². The largest absolute Gasteiger partial charge is 0.329 e. The lowest BCUT2D eigenvalue weighted by molar-refractivity contribution is 0.0821. The first-order valence-electron chi connectivity index (χ1n) is 8.07. The average Bonchev–Trinajstić information content (AvgIpc) is 2.62. The van der Waals surface area contributed by atoms with Crippen molar-refractivity contribution in [2.45, 2.75) is 58.0 Å². The maximum Gasteiger partial charge on any atom is 0.0340 e. The van der Waals surface area contributed by atoms with E-state index in [4.69, 9.17) is 5.73 Å². The fraction of sp³-hybridized carbons (Fsp3) is 0.667. The van der Waals surface area contributed by atoms with Gasteiger partial charge in [0.1, 0.15) is 0 Å². The van der Waals surface area contributed by atoms with Crippen LogP contribution in [0.15, 0.2) is 24.3 Å². The van der Waals surface area contributed by atoms with Crippen LogP contribution in [0.4, 0.5) is 0 Å². The molecule has 1 aliphatic carbocycles. The maximum absolute atomic E-state index is 6.25. The molecule has 0 bridgehead atoms. The van der Waals surface area contributed by atoms with Crippen LogP contribution < -0.4 is 5.73 Å². The molecule has 0 amide bonds. The van der Waals surface area contributed by atoms with E-state index in [0.29, 0.717) is 5.41 Å². The van der Waals surface area contributed by atoms with Crippen molar-refractivity contribution in [2.24, 2.45) is 11.1 Å². The highest BCUT2D eigenvalue weighted by atomic mass is 15.2. The summed E-state index contributed by atoms with van der Waals surface area (Å²) >= 11 is 0. The van der Waals surface area contributed by atoms with Crippen LogP contribution in [-0.2, 0) is 13.0 Å². The number of fused-ring (bicyclic) bond motifs is 1. The van der Waals surface area contributed by atoms with Gasteiger partial charge in [-0.05, 0) is 55.2 Å². The fourth-order valence-electron chi connectivity index (χ4n) is 4.32. The van der Waals surface area contributed by atoms with Gasteiger partial charge in [0.05, 0.1) is 0 Å². The zero-order chi connectivity index (χ0) is 14.2. The molecule has 0 saturated heterocycles. The van der Waals surface area contributed by atoms with Gasteiger partial charge in [-0.25, -0.2) is 0 Å². The smallest absolute Gasteiger partial charge is 0.0340 e. The third kappa shape index (κ3) is 2.51. The first kappa shape index (κ1) is 14.1. The van der Waals surface area contributed by atoms with Crippen molar-refractivity contribution in [2.75, 3.05) is 13.1 Å². The first-order chi connectivity index (χ1) is 9.55. The van der Waals surface area contributed by atoms with E-state index in [1.165, 1.54) is 44.2 Å². The molecule has 0 aromatic heterocycles. The number of nitrogens with zero attached hydrogens (tertiary/aromatic N) is 1. The summed E-state index contributed by atoms with van der Waals surface area (Å²) in [5.74, 6) is 0. The summed E-state index contributed by atoms with van der Waals surface area (Å²) < 4.78 is 0. The molecule has 20 heavy (non-hydrogen) atoms. The Balaban J connectivity index is 1.87. The zero-order valence-electron chi connectivity index (χ0n) is 13.0. The molecule has 0 spiro atoms. The molecule has 2 aliphatic rings. The molecule has 3 rings (SSSR count). The SMILES string of the molecule is CC1(C)CCC(CN)(N2CCCc3ccccc3C2)C1. The Hall–Kier alpha value is -0.860. The Kier molecular flexibility index (Phi) is 3.64. The topological polar surface area (TPSA) is 29.3 Å². The molecule has 1 aromatic rings. The molecule has 110 valence electrons. The van der Waals surface area contributed by atoms with Crippen LogP contribution in [0.5, 0.6) is 0 Å². The molecule has 1 aliphatic heterocycles. The highest BCUT2D eigenvalue weighted by molar-refractivity contribution is 5.28. The summed E-state index contributed by atoms with van der Waals surface area (Å²) in [7, 11) is 0. The highest BCUT2D eigenvalue weighted by Crippen LogP contribution is 2.47. The van der Waals surface area contributed by atoms with Gasteiger partial charge in [0.25, 0.3) is 0 Å². The molecule has 0 radical (unpaired) electrons. The molecule has 1 aromatic carbocycles. The number of aryl methyl sites for hydroxylation is 1. The van der Waals surface area contributed by atoms with Gasteiger partial charge in [0.15, 0.2) is 0 Å². The van der Waals surface area contributed by atoms with E-state index < -0.39 is 0 Å². The van der Waals surface area contributed by atoms with Crippen molar-refractivity contribution in [1.29, 1.82) is 0 Å². The van der Waals surface area contributed by atoms with Gasteiger partial charge < -0.3 is 5.73 Å². The monoisotopic (exact) mass is 272 g/mol. The molecule has 1 heterocycles. The highest BCUT2D eigenvalue weighted by Gasteiger charge is 2.46. The van der Waals surface area contributed by atoms with E-state index in [0.717, 1.165) is 13.1 Å². The van der Waals surface area contributed by atoms with Gasteiger partial charge in [-0.2, -0.15) is 0 Å². The Bertz CT molecular complexity index is 480. The minimum absolute atomic E-state index is 0.237. The zero-order valence-corrected chi connectivity index (χ0v) is 13.0. The summed E-state index contributed by atoms with van der Waals surface area (Å²) in [4.78, 5) is 2.70. The van der Waals surface area contributed by atoms with Gasteiger partial charge in [-0.1, -0.05) is 38.1 Å². The van der Waals surface area contributed by atoms with Crippen LogP contribution in [0, 0.1) is 5.41 Å². The molecule has 1 saturated carbocycles. The molecule has 1 atom stereocenters. The quantitative estimate of drug-likeness (QED) is 0.894. The summed E-state index contributed by atoms with van der Waals surface area (Å²) in [5.41, 5.74) is 9.99. The maximum atomic E-state index is 6.25. The third-order valence-corrected chi connectivity index (χ3v) is 5.48. The van der Waals surface area contributed by atoms with E-state index in [9.17, 15) is 0 Å². The summed E-state index contributed by atoms with van der Waals surface area (Å²) in [6.07, 6.45) is 6.30. The van der Waals surface area contributed by atoms with Crippen LogP contribution in [0.1, 0.15) is 50.7 Å². The van der Waals surface area contributed by atoms with Crippen LogP contribution >= 0.6 is 0 Å². The van der Waals surface area contributed by atoms with Crippen LogP contribution in [-0.4, -0.2) is 23.5 Å². The molecule has 2 heteroatoms. The van der Waals surface area contributed by atoms with Crippen molar-refractivity contribution in [3.05, 3.63) is 35.4 Å². The molecular formula is C18H28N2. The predicted octanol–water partition coefficient (Wildman–Crippen LogP) is 3.34. The van der Waals surface area contributed by atoms with Crippen molar-refractivity contribution in [1.82, 2.24) is 4.90 Å². The molecule has 2 nitrogen and oxygen atoms in total. The van der Waals surface area contributed by atoms with E-state index in [1.807, 2.05) is 0 Å². The Labute approximate surface area is 123 Å². The van der Waals surface area contributed by atoms with Crippen molar-refractivity contribution < 1.29 is 0 Å². The number of nitrogens with two attached hydrogens (primary N) is 1. The first-order valence-corrected chi connectivity index (χ1v) is 8.07. The van der Waals surface area contributed by atoms with Gasteiger partial charge in [0.2, 0.25) is 0 Å². The summed E-state index contributed by atoms with van der Waals surface area (Å²) in [5, 5.41) is 0. The van der Waals surface area contributed by atoms with Crippen molar-refractivity contribution >= 4 is 0 Å². The van der Waals surface area contributed by atoms with E-state index >= 15 is 0 Å². The fourth-order valence-corrected chi connectivity index (χ4v) is 4.32. The second kappa shape index (κ2) is 5.16. The second-order valence-corrected chi connectivity index (χ2v) is 7.56. The lowest BCUT2D eigenvalue weighted by Gasteiger charge is -2.41. The van der Waals surface area contributed by atoms with E-state index in [2.05, 4.69) is 43.0 Å². The standard InChI is InChI=1S/C18H28N2/c1-17(2)9-10-18(13-17,14-19)20-11-5-8-15-6-3-4-7-16(15)12-20/h3-4,6-7H,5,8-14,19H2,1-2H3. The van der Waals surface area contributed by atoms with E-state index in [-0.39, 0.29) is 5.54 Å². The van der Waals surface area contributed by atoms with Crippen LogP contribution in [0.3, 0.4) is 0 Å². The molecular weight excluding hydrogens is 244 g/mol. The minimum Gasteiger partial charge on any atom is -0.329 e. The van der Waals surface area contributed by atoms with E-state index in [1.54, 1.807) is 5.56 Å². The van der Waals surface area contributed by atoms with Gasteiger partial charge in [-0.15, -0.1) is 0 Å². The van der Waals surface area contributed by atoms with Crippen molar-refractivity contribution in [3.63, 3.8) is 0 Å². The van der Waals surface area contributed by atoms with Gasteiger partial charge in [-0.3, -0.25) is 4.90 Å². The minimum atomic E-state index is 0.237. The number of rotatable bonds is 2. The van der Waals surface area contributed by atoms with Crippen molar-refractivity contribution in [3.8, 4) is 0 Å². The Morgan fingerprint density at radius 3 is 2.55 bits per heavy atom. The number of hydrogen-bond donors (Lipinski definition) is 1. The van der Waals surface area contributed by atoms with Gasteiger partial charge in [0, 0.05) is 18.6 Å².